The average molecular weight is 355 g/mol. The van der Waals surface area contributed by atoms with Gasteiger partial charge < -0.3 is 4.74 Å². The van der Waals surface area contributed by atoms with E-state index >= 15 is 0 Å². The monoisotopic (exact) mass is 354 g/mol. The van der Waals surface area contributed by atoms with Crippen LogP contribution in [0.4, 0.5) is 8.78 Å². The molecule has 3 aliphatic rings. The van der Waals surface area contributed by atoms with Gasteiger partial charge in [-0.1, -0.05) is 32.3 Å². The largest absolute Gasteiger partial charge is 0.372 e. The first-order valence-electron chi connectivity index (χ1n) is 10.7. The van der Waals surface area contributed by atoms with Gasteiger partial charge in [-0.3, -0.25) is 0 Å². The van der Waals surface area contributed by atoms with Crippen molar-refractivity contribution in [2.75, 3.05) is 0 Å². The number of alkyl halides is 2. The minimum Gasteiger partial charge on any atom is -0.372 e. The van der Waals surface area contributed by atoms with Gasteiger partial charge >= 0.3 is 0 Å². The zero-order valence-corrected chi connectivity index (χ0v) is 15.8. The molecule has 6 atom stereocenters. The lowest BCUT2D eigenvalue weighted by molar-refractivity contribution is -0.169. The van der Waals surface area contributed by atoms with E-state index in [0.717, 1.165) is 57.8 Å². The molecule has 6 unspecified atom stereocenters. The van der Waals surface area contributed by atoms with E-state index in [-0.39, 0.29) is 17.9 Å². The van der Waals surface area contributed by atoms with Crippen LogP contribution in [-0.4, -0.2) is 24.6 Å². The van der Waals surface area contributed by atoms with E-state index in [4.69, 9.17) is 4.74 Å². The van der Waals surface area contributed by atoms with Gasteiger partial charge in [-0.2, -0.15) is 0 Å². The molecule has 25 heavy (non-hydrogen) atoms. The zero-order valence-electron chi connectivity index (χ0n) is 15.8. The van der Waals surface area contributed by atoms with Crippen LogP contribution >= 0.6 is 0 Å². The molecular weight excluding hydrogens is 318 g/mol. The van der Waals surface area contributed by atoms with Gasteiger partial charge in [0, 0.05) is 0 Å². The zero-order chi connectivity index (χ0) is 17.8. The molecule has 2 saturated carbocycles. The van der Waals surface area contributed by atoms with E-state index in [1.54, 1.807) is 0 Å². The molecule has 3 rings (SSSR count). The smallest absolute Gasteiger partial charge is 0.158 e. The Morgan fingerprint density at radius 3 is 2.36 bits per heavy atom. The number of unbranched alkanes of at least 4 members (excludes halogenated alkanes) is 2. The summed E-state index contributed by atoms with van der Waals surface area (Å²) in [5.41, 5.74) is 0. The van der Waals surface area contributed by atoms with E-state index in [1.807, 2.05) is 6.08 Å². The third kappa shape index (κ3) is 4.46. The van der Waals surface area contributed by atoms with Crippen LogP contribution in [0.2, 0.25) is 0 Å². The first kappa shape index (κ1) is 19.3. The molecule has 0 N–H and O–H groups in total. The molecule has 3 fully saturated rings. The fourth-order valence-corrected chi connectivity index (χ4v) is 5.55. The van der Waals surface area contributed by atoms with Crippen molar-refractivity contribution in [2.24, 2.45) is 23.7 Å². The Morgan fingerprint density at radius 1 is 0.960 bits per heavy atom. The highest BCUT2D eigenvalue weighted by Gasteiger charge is 2.50. The quantitative estimate of drug-likeness (QED) is 0.395. The summed E-state index contributed by atoms with van der Waals surface area (Å²) in [6.45, 7) is 6.07. The number of allylic oxidation sites excluding steroid dienone is 1. The summed E-state index contributed by atoms with van der Waals surface area (Å²) in [5, 5.41) is 0. The molecule has 0 radical (unpaired) electrons. The van der Waals surface area contributed by atoms with Crippen molar-refractivity contribution in [2.45, 2.75) is 102 Å². The van der Waals surface area contributed by atoms with Crippen molar-refractivity contribution in [1.82, 2.24) is 0 Å². The van der Waals surface area contributed by atoms with E-state index in [9.17, 15) is 8.78 Å². The number of ether oxygens (including phenoxy) is 1. The Morgan fingerprint density at radius 2 is 1.68 bits per heavy atom. The van der Waals surface area contributed by atoms with Crippen molar-refractivity contribution >= 4 is 0 Å². The number of fused-ring (bicyclic) bond motifs is 1. The molecule has 0 aromatic rings. The van der Waals surface area contributed by atoms with Gasteiger partial charge in [-0.05, 0) is 75.0 Å². The van der Waals surface area contributed by atoms with E-state index in [1.165, 1.54) is 12.8 Å². The SMILES string of the molecule is C=CC1CCC(C2CC3CCC(CCCCC)OC3C(F)C2F)CC1. The summed E-state index contributed by atoms with van der Waals surface area (Å²) in [7, 11) is 0. The molecule has 1 saturated heterocycles. The maximum atomic E-state index is 14.9. The molecule has 1 aliphatic heterocycles. The Bertz CT molecular complexity index is 416. The van der Waals surface area contributed by atoms with Gasteiger partial charge in [0.2, 0.25) is 0 Å². The summed E-state index contributed by atoms with van der Waals surface area (Å²) in [6, 6.07) is 0. The second-order valence-electron chi connectivity index (χ2n) is 8.75. The van der Waals surface area contributed by atoms with Crippen molar-refractivity contribution in [3.05, 3.63) is 12.7 Å². The summed E-state index contributed by atoms with van der Waals surface area (Å²) in [5.74, 6) is 1.07. The number of rotatable bonds is 6. The molecule has 3 heteroatoms. The molecule has 1 nitrogen and oxygen atoms in total. The highest BCUT2D eigenvalue weighted by atomic mass is 19.2. The Labute approximate surface area is 152 Å². The van der Waals surface area contributed by atoms with E-state index in [0.29, 0.717) is 11.8 Å². The van der Waals surface area contributed by atoms with E-state index < -0.39 is 18.4 Å². The topological polar surface area (TPSA) is 9.23 Å². The Hall–Kier alpha value is -0.440. The minimum atomic E-state index is -1.42. The lowest BCUT2D eigenvalue weighted by atomic mass is 9.65. The lowest BCUT2D eigenvalue weighted by Gasteiger charge is -2.48. The number of halogens is 2. The third-order valence-electron chi connectivity index (χ3n) is 7.16. The van der Waals surface area contributed by atoms with Gasteiger partial charge in [0.15, 0.2) is 6.17 Å². The molecule has 0 aromatic carbocycles. The Balaban J connectivity index is 1.56. The first-order chi connectivity index (χ1) is 12.1. The fourth-order valence-electron chi connectivity index (χ4n) is 5.55. The van der Waals surface area contributed by atoms with Gasteiger partial charge in [-0.15, -0.1) is 6.58 Å². The second-order valence-corrected chi connectivity index (χ2v) is 8.75. The summed E-state index contributed by atoms with van der Waals surface area (Å²) < 4.78 is 35.9. The molecule has 1 heterocycles. The average Bonchev–Trinajstić information content (AvgIpc) is 2.65. The van der Waals surface area contributed by atoms with Crippen LogP contribution in [0.25, 0.3) is 0 Å². The van der Waals surface area contributed by atoms with Gasteiger partial charge in [-0.25, -0.2) is 8.78 Å². The van der Waals surface area contributed by atoms with Crippen molar-refractivity contribution in [3.8, 4) is 0 Å². The molecule has 0 amide bonds. The van der Waals surface area contributed by atoms with Crippen LogP contribution in [-0.2, 0) is 4.74 Å². The normalized spacial score (nSPS) is 44.9. The number of hydrogen-bond donors (Lipinski definition) is 0. The number of hydrogen-bond acceptors (Lipinski definition) is 1. The van der Waals surface area contributed by atoms with Crippen LogP contribution in [0.5, 0.6) is 0 Å². The van der Waals surface area contributed by atoms with Crippen molar-refractivity contribution < 1.29 is 13.5 Å². The van der Waals surface area contributed by atoms with Crippen LogP contribution < -0.4 is 0 Å². The minimum absolute atomic E-state index is 0.0951. The summed E-state index contributed by atoms with van der Waals surface area (Å²) >= 11 is 0. The van der Waals surface area contributed by atoms with Gasteiger partial charge in [0.05, 0.1) is 12.2 Å². The highest BCUT2D eigenvalue weighted by molar-refractivity contribution is 4.99. The molecule has 0 bridgehead atoms. The van der Waals surface area contributed by atoms with Crippen LogP contribution in [0.15, 0.2) is 12.7 Å². The van der Waals surface area contributed by atoms with Gasteiger partial charge in [0.1, 0.15) is 6.17 Å². The maximum absolute atomic E-state index is 14.9. The maximum Gasteiger partial charge on any atom is 0.158 e. The molecule has 0 aromatic heterocycles. The summed E-state index contributed by atoms with van der Waals surface area (Å²) in [4.78, 5) is 0. The van der Waals surface area contributed by atoms with Crippen LogP contribution in [0.1, 0.15) is 77.6 Å². The predicted molar refractivity (Wildman–Crippen MR) is 99.1 cm³/mol. The molecule has 2 aliphatic carbocycles. The first-order valence-corrected chi connectivity index (χ1v) is 10.7. The molecule has 144 valence electrons. The van der Waals surface area contributed by atoms with Crippen molar-refractivity contribution in [3.63, 3.8) is 0 Å². The fraction of sp³-hybridized carbons (Fsp3) is 0.909. The predicted octanol–water partition coefficient (Wildman–Crippen LogP) is 6.42. The third-order valence-corrected chi connectivity index (χ3v) is 7.16. The standard InChI is InChI=1S/C22H36F2O/c1-3-5-6-7-18-13-12-17-14-19(20(23)21(24)22(17)25-18)16-10-8-15(4-2)9-11-16/h4,15-22H,2-3,5-14H2,1H3. The second kappa shape index (κ2) is 8.97. The molecular formula is C22H36F2O. The Kier molecular flexibility index (Phi) is 6.93. The lowest BCUT2D eigenvalue weighted by Crippen LogP contribution is -2.53. The van der Waals surface area contributed by atoms with Gasteiger partial charge in [0.25, 0.3) is 0 Å². The summed E-state index contributed by atoms with van der Waals surface area (Å²) in [6.07, 6.45) is 10.6. The van der Waals surface area contributed by atoms with Crippen molar-refractivity contribution in [1.29, 1.82) is 0 Å². The van der Waals surface area contributed by atoms with Crippen LogP contribution in [0.3, 0.4) is 0 Å². The van der Waals surface area contributed by atoms with Crippen LogP contribution in [0, 0.1) is 23.7 Å². The molecule has 0 spiro atoms. The highest BCUT2D eigenvalue weighted by Crippen LogP contribution is 2.47. The van der Waals surface area contributed by atoms with E-state index in [2.05, 4.69) is 13.5 Å².